The van der Waals surface area contributed by atoms with Gasteiger partial charge in [-0.2, -0.15) is 0 Å². The molecule has 0 aliphatic heterocycles. The lowest BCUT2D eigenvalue weighted by Crippen LogP contribution is -2.03. The van der Waals surface area contributed by atoms with Gasteiger partial charge in [0.25, 0.3) is 5.69 Å². The number of benzene rings is 1. The number of aromatic nitrogens is 1. The monoisotopic (exact) mass is 280 g/mol. The summed E-state index contributed by atoms with van der Waals surface area (Å²) in [5.74, 6) is 0. The predicted octanol–water partition coefficient (Wildman–Crippen LogP) is 3.01. The summed E-state index contributed by atoms with van der Waals surface area (Å²) in [6.07, 6.45) is -0.497. The van der Waals surface area contributed by atoms with E-state index in [4.69, 9.17) is 9.47 Å². The highest BCUT2D eigenvalue weighted by Gasteiger charge is 2.14. The third kappa shape index (κ3) is 2.95. The molecule has 0 radical (unpaired) electrons. The number of hydrogen-bond donors (Lipinski definition) is 0. The minimum atomic E-state index is -0.497. The lowest BCUT2D eigenvalue weighted by atomic mass is 10.2. The molecule has 6 nitrogen and oxygen atoms in total. The topological polar surface area (TPSA) is 74.5 Å². The van der Waals surface area contributed by atoms with Crippen molar-refractivity contribution in [3.05, 3.63) is 45.5 Å². The molecule has 0 fully saturated rings. The molecule has 0 N–H and O–H groups in total. The standard InChI is InChI=1S/C12H12N2O4S/c1-17-12(18-2)10-7-19-11(13-10)8-3-5-9(6-4-8)14(15)16/h3-7,12H,1-2H3. The number of nitrogens with zero attached hydrogens (tertiary/aromatic N) is 2. The van der Waals surface area contributed by atoms with Crippen molar-refractivity contribution in [3.63, 3.8) is 0 Å². The molecule has 19 heavy (non-hydrogen) atoms. The number of methoxy groups -OCH3 is 2. The number of nitro groups is 1. The summed E-state index contributed by atoms with van der Waals surface area (Å²) in [6.45, 7) is 0. The molecule has 0 bridgehead atoms. The summed E-state index contributed by atoms with van der Waals surface area (Å²) in [5.41, 5.74) is 1.57. The van der Waals surface area contributed by atoms with E-state index in [0.29, 0.717) is 5.69 Å². The number of nitro benzene ring substituents is 1. The average molecular weight is 280 g/mol. The van der Waals surface area contributed by atoms with E-state index in [1.54, 1.807) is 26.4 Å². The van der Waals surface area contributed by atoms with E-state index in [2.05, 4.69) is 4.98 Å². The molecule has 0 saturated heterocycles. The highest BCUT2D eigenvalue weighted by atomic mass is 32.1. The van der Waals surface area contributed by atoms with Crippen LogP contribution in [0.1, 0.15) is 12.0 Å². The van der Waals surface area contributed by atoms with Crippen molar-refractivity contribution in [2.75, 3.05) is 14.2 Å². The first-order valence-corrected chi connectivity index (χ1v) is 6.29. The molecular weight excluding hydrogens is 268 g/mol. The summed E-state index contributed by atoms with van der Waals surface area (Å²) >= 11 is 1.44. The van der Waals surface area contributed by atoms with Crippen LogP contribution in [0.25, 0.3) is 10.6 Å². The third-order valence-corrected chi connectivity index (χ3v) is 3.43. The van der Waals surface area contributed by atoms with Crippen molar-refractivity contribution in [2.45, 2.75) is 6.29 Å². The first-order chi connectivity index (χ1) is 9.15. The Hall–Kier alpha value is -1.83. The molecule has 0 atom stereocenters. The van der Waals surface area contributed by atoms with Crippen LogP contribution in [0.3, 0.4) is 0 Å². The van der Waals surface area contributed by atoms with Gasteiger partial charge in [-0.05, 0) is 12.1 Å². The average Bonchev–Trinajstić information content (AvgIpc) is 2.90. The first kappa shape index (κ1) is 13.6. The van der Waals surface area contributed by atoms with Gasteiger partial charge in [0.05, 0.1) is 4.92 Å². The van der Waals surface area contributed by atoms with Crippen molar-refractivity contribution in [2.24, 2.45) is 0 Å². The molecular formula is C12H12N2O4S. The maximum Gasteiger partial charge on any atom is 0.269 e. The van der Waals surface area contributed by atoms with E-state index in [1.165, 1.54) is 23.5 Å². The molecule has 1 aromatic carbocycles. The van der Waals surface area contributed by atoms with Crippen molar-refractivity contribution in [1.82, 2.24) is 4.98 Å². The van der Waals surface area contributed by atoms with Gasteiger partial charge in [0, 0.05) is 37.3 Å². The summed E-state index contributed by atoms with van der Waals surface area (Å²) in [4.78, 5) is 14.5. The van der Waals surface area contributed by atoms with Crippen molar-refractivity contribution < 1.29 is 14.4 Å². The van der Waals surface area contributed by atoms with Crippen LogP contribution >= 0.6 is 11.3 Å². The fourth-order valence-corrected chi connectivity index (χ4v) is 2.42. The lowest BCUT2D eigenvalue weighted by Gasteiger charge is -2.09. The summed E-state index contributed by atoms with van der Waals surface area (Å²) in [6, 6.07) is 6.27. The molecule has 0 aliphatic carbocycles. The number of hydrogen-bond acceptors (Lipinski definition) is 6. The minimum absolute atomic E-state index is 0.0622. The molecule has 0 aliphatic rings. The fourth-order valence-electron chi connectivity index (χ4n) is 1.59. The molecule has 7 heteroatoms. The Morgan fingerprint density at radius 3 is 2.42 bits per heavy atom. The second-order valence-corrected chi connectivity index (χ2v) is 4.54. The highest BCUT2D eigenvalue weighted by molar-refractivity contribution is 7.13. The van der Waals surface area contributed by atoms with Crippen molar-refractivity contribution in [1.29, 1.82) is 0 Å². The molecule has 0 amide bonds. The zero-order valence-corrected chi connectivity index (χ0v) is 11.2. The number of rotatable bonds is 5. The molecule has 2 aromatic rings. The Labute approximate surface area is 113 Å². The normalized spacial score (nSPS) is 10.9. The molecule has 0 spiro atoms. The second kappa shape index (κ2) is 5.87. The van der Waals surface area contributed by atoms with Gasteiger partial charge < -0.3 is 9.47 Å². The molecule has 0 saturated carbocycles. The van der Waals surface area contributed by atoms with Crippen LogP contribution in [0.15, 0.2) is 29.6 Å². The number of thiazole rings is 1. The maximum atomic E-state index is 10.6. The number of ether oxygens (including phenoxy) is 2. The van der Waals surface area contributed by atoms with Crippen LogP contribution in [0, 0.1) is 10.1 Å². The Kier molecular flexibility index (Phi) is 4.20. The molecule has 1 aromatic heterocycles. The van der Waals surface area contributed by atoms with E-state index >= 15 is 0 Å². The Morgan fingerprint density at radius 1 is 1.26 bits per heavy atom. The smallest absolute Gasteiger partial charge is 0.269 e. The summed E-state index contributed by atoms with van der Waals surface area (Å²) in [7, 11) is 3.08. The van der Waals surface area contributed by atoms with Crippen LogP contribution in [-0.2, 0) is 9.47 Å². The third-order valence-electron chi connectivity index (χ3n) is 2.52. The zero-order chi connectivity index (χ0) is 13.8. The highest BCUT2D eigenvalue weighted by Crippen LogP contribution is 2.28. The van der Waals surface area contributed by atoms with Gasteiger partial charge >= 0.3 is 0 Å². The number of non-ortho nitro benzene ring substituents is 1. The van der Waals surface area contributed by atoms with E-state index in [0.717, 1.165) is 10.6 Å². The van der Waals surface area contributed by atoms with Gasteiger partial charge in [-0.15, -0.1) is 11.3 Å². The van der Waals surface area contributed by atoms with Gasteiger partial charge in [-0.1, -0.05) is 0 Å². The van der Waals surface area contributed by atoms with E-state index < -0.39 is 11.2 Å². The Morgan fingerprint density at radius 2 is 1.89 bits per heavy atom. The van der Waals surface area contributed by atoms with Crippen LogP contribution in [0.2, 0.25) is 0 Å². The molecule has 100 valence electrons. The van der Waals surface area contributed by atoms with Gasteiger partial charge in [0.2, 0.25) is 6.29 Å². The largest absolute Gasteiger partial charge is 0.350 e. The van der Waals surface area contributed by atoms with E-state index in [-0.39, 0.29) is 5.69 Å². The SMILES string of the molecule is COC(OC)c1csc(-c2ccc([N+](=O)[O-])cc2)n1. The predicted molar refractivity (Wildman–Crippen MR) is 71.0 cm³/mol. The van der Waals surface area contributed by atoms with Crippen LogP contribution < -0.4 is 0 Å². The van der Waals surface area contributed by atoms with Gasteiger partial charge in [0.15, 0.2) is 0 Å². The summed E-state index contributed by atoms with van der Waals surface area (Å²) < 4.78 is 10.2. The van der Waals surface area contributed by atoms with Gasteiger partial charge in [-0.25, -0.2) is 4.98 Å². The quantitative estimate of drug-likeness (QED) is 0.478. The maximum absolute atomic E-state index is 10.6. The summed E-state index contributed by atoms with van der Waals surface area (Å²) in [5, 5.41) is 13.2. The van der Waals surface area contributed by atoms with E-state index in [9.17, 15) is 10.1 Å². The van der Waals surface area contributed by atoms with Crippen LogP contribution in [0.5, 0.6) is 0 Å². The van der Waals surface area contributed by atoms with Crippen LogP contribution in [0.4, 0.5) is 5.69 Å². The van der Waals surface area contributed by atoms with Crippen LogP contribution in [-0.4, -0.2) is 24.1 Å². The second-order valence-electron chi connectivity index (χ2n) is 3.68. The van der Waals surface area contributed by atoms with E-state index in [1.807, 2.05) is 5.38 Å². The Balaban J connectivity index is 2.25. The minimum Gasteiger partial charge on any atom is -0.350 e. The zero-order valence-electron chi connectivity index (χ0n) is 10.4. The van der Waals surface area contributed by atoms with Gasteiger partial charge in [0.1, 0.15) is 10.7 Å². The van der Waals surface area contributed by atoms with Crippen molar-refractivity contribution >= 4 is 17.0 Å². The van der Waals surface area contributed by atoms with Crippen molar-refractivity contribution in [3.8, 4) is 10.6 Å². The first-order valence-electron chi connectivity index (χ1n) is 5.41. The molecule has 0 unspecified atom stereocenters. The molecule has 2 rings (SSSR count). The van der Waals surface area contributed by atoms with Gasteiger partial charge in [-0.3, -0.25) is 10.1 Å². The fraction of sp³-hybridized carbons (Fsp3) is 0.250. The Bertz CT molecular complexity index is 563. The molecule has 1 heterocycles. The lowest BCUT2D eigenvalue weighted by molar-refractivity contribution is -0.384.